The molecule has 0 aliphatic carbocycles. The van der Waals surface area contributed by atoms with Gasteiger partial charge in [0.2, 0.25) is 5.91 Å². The number of carbonyl (C=O) groups excluding carboxylic acids is 1. The van der Waals surface area contributed by atoms with Crippen molar-refractivity contribution in [1.82, 2.24) is 10.2 Å². The van der Waals surface area contributed by atoms with E-state index in [0.717, 1.165) is 13.1 Å². The first-order chi connectivity index (χ1) is 9.51. The summed E-state index contributed by atoms with van der Waals surface area (Å²) in [4.78, 5) is 14.4. The molecule has 0 radical (unpaired) electrons. The molecule has 0 bridgehead atoms. The van der Waals surface area contributed by atoms with E-state index in [1.165, 1.54) is 5.56 Å². The zero-order chi connectivity index (χ0) is 15.1. The number of nitrogens with zero attached hydrogens (tertiary/aromatic N) is 1. The maximum atomic E-state index is 12.0. The third-order valence-electron chi connectivity index (χ3n) is 3.67. The lowest BCUT2D eigenvalue weighted by atomic mass is 10.0. The molecule has 1 amide bonds. The molecule has 1 heterocycles. The fourth-order valence-corrected chi connectivity index (χ4v) is 2.91. The van der Waals surface area contributed by atoms with Crippen LogP contribution in [0.4, 0.5) is 0 Å². The molecular weight excluding hydrogens is 306 g/mol. The van der Waals surface area contributed by atoms with E-state index < -0.39 is 6.04 Å². The molecule has 0 spiro atoms. The van der Waals surface area contributed by atoms with E-state index in [-0.39, 0.29) is 30.3 Å². The number of amides is 1. The summed E-state index contributed by atoms with van der Waals surface area (Å²) in [5.74, 6) is 0.0930. The Bertz CT molecular complexity index is 394. The van der Waals surface area contributed by atoms with Gasteiger partial charge in [-0.15, -0.1) is 12.4 Å². The van der Waals surface area contributed by atoms with Gasteiger partial charge < -0.3 is 11.1 Å². The van der Waals surface area contributed by atoms with E-state index in [4.69, 9.17) is 5.73 Å². The maximum absolute atomic E-state index is 12.0. The topological polar surface area (TPSA) is 58.4 Å². The Labute approximate surface area is 138 Å². The van der Waals surface area contributed by atoms with Crippen LogP contribution in [0.15, 0.2) is 16.8 Å². The van der Waals surface area contributed by atoms with Crippen LogP contribution in [0.1, 0.15) is 39.3 Å². The minimum Gasteiger partial charge on any atom is -0.353 e. The van der Waals surface area contributed by atoms with Gasteiger partial charge in [0, 0.05) is 6.54 Å². The Hall–Kier alpha value is -0.620. The molecule has 21 heavy (non-hydrogen) atoms. The van der Waals surface area contributed by atoms with E-state index in [9.17, 15) is 4.79 Å². The fourth-order valence-electron chi connectivity index (χ4n) is 2.20. The Morgan fingerprint density at radius 1 is 1.38 bits per heavy atom. The van der Waals surface area contributed by atoms with Gasteiger partial charge >= 0.3 is 0 Å². The number of likely N-dealkylation sites (N-methyl/N-ethyl adjacent to an activating group) is 1. The molecule has 4 nitrogen and oxygen atoms in total. The van der Waals surface area contributed by atoms with Crippen LogP contribution < -0.4 is 11.1 Å². The monoisotopic (exact) mass is 333 g/mol. The number of rotatable bonds is 8. The van der Waals surface area contributed by atoms with Crippen LogP contribution in [0, 0.1) is 5.92 Å². The van der Waals surface area contributed by atoms with Crippen LogP contribution in [-0.4, -0.2) is 36.5 Å². The first-order valence-electron chi connectivity index (χ1n) is 7.30. The second-order valence-corrected chi connectivity index (χ2v) is 6.09. The predicted octanol–water partition coefficient (Wildman–Crippen LogP) is 2.65. The smallest absolute Gasteiger partial charge is 0.237 e. The number of nitrogens with one attached hydrogen (secondary N) is 1. The molecule has 1 aromatic rings. The Kier molecular flexibility index (Phi) is 9.86. The summed E-state index contributed by atoms with van der Waals surface area (Å²) < 4.78 is 0. The van der Waals surface area contributed by atoms with Crippen LogP contribution in [0.25, 0.3) is 0 Å². The van der Waals surface area contributed by atoms with Gasteiger partial charge in [-0.2, -0.15) is 11.3 Å². The van der Waals surface area contributed by atoms with Crippen molar-refractivity contribution in [3.8, 4) is 0 Å². The van der Waals surface area contributed by atoms with Crippen molar-refractivity contribution in [2.45, 2.75) is 39.8 Å². The molecular formula is C15H28ClN3OS. The Balaban J connectivity index is 0.00000400. The van der Waals surface area contributed by atoms with Crippen molar-refractivity contribution in [1.29, 1.82) is 0 Å². The normalized spacial score (nSPS) is 13.9. The zero-order valence-corrected chi connectivity index (χ0v) is 15.0. The van der Waals surface area contributed by atoms with Crippen LogP contribution >= 0.6 is 23.7 Å². The van der Waals surface area contributed by atoms with Crippen LogP contribution in [0.3, 0.4) is 0 Å². The van der Waals surface area contributed by atoms with Gasteiger partial charge in [-0.25, -0.2) is 0 Å². The van der Waals surface area contributed by atoms with Gasteiger partial charge in [0.15, 0.2) is 0 Å². The quantitative estimate of drug-likeness (QED) is 0.769. The highest BCUT2D eigenvalue weighted by Gasteiger charge is 2.22. The van der Waals surface area contributed by atoms with Crippen molar-refractivity contribution in [3.05, 3.63) is 22.4 Å². The van der Waals surface area contributed by atoms with Gasteiger partial charge in [0.05, 0.1) is 12.1 Å². The summed E-state index contributed by atoms with van der Waals surface area (Å²) in [6.07, 6.45) is 0. The predicted molar refractivity (Wildman–Crippen MR) is 93.1 cm³/mol. The molecule has 0 saturated carbocycles. The van der Waals surface area contributed by atoms with Gasteiger partial charge in [0.1, 0.15) is 0 Å². The molecule has 0 fully saturated rings. The van der Waals surface area contributed by atoms with E-state index in [2.05, 4.69) is 40.9 Å². The number of hydrogen-bond donors (Lipinski definition) is 2. The molecule has 0 saturated heterocycles. The van der Waals surface area contributed by atoms with E-state index in [0.29, 0.717) is 6.54 Å². The largest absolute Gasteiger partial charge is 0.353 e. The van der Waals surface area contributed by atoms with Crippen molar-refractivity contribution in [3.63, 3.8) is 0 Å². The van der Waals surface area contributed by atoms with E-state index >= 15 is 0 Å². The molecule has 3 N–H and O–H groups in total. The maximum Gasteiger partial charge on any atom is 0.237 e. The summed E-state index contributed by atoms with van der Waals surface area (Å²) in [6.45, 7) is 10.7. The van der Waals surface area contributed by atoms with E-state index in [1.54, 1.807) is 11.3 Å². The van der Waals surface area contributed by atoms with Crippen LogP contribution in [-0.2, 0) is 4.79 Å². The summed E-state index contributed by atoms with van der Waals surface area (Å²) >= 11 is 1.69. The highest BCUT2D eigenvalue weighted by Crippen LogP contribution is 2.22. The lowest BCUT2D eigenvalue weighted by Crippen LogP contribution is -2.47. The van der Waals surface area contributed by atoms with Crippen molar-refractivity contribution < 1.29 is 4.79 Å². The molecule has 0 aliphatic rings. The Morgan fingerprint density at radius 3 is 2.43 bits per heavy atom. The third-order valence-corrected chi connectivity index (χ3v) is 4.37. The zero-order valence-electron chi connectivity index (χ0n) is 13.3. The summed E-state index contributed by atoms with van der Waals surface area (Å²) in [6, 6.07) is 1.91. The summed E-state index contributed by atoms with van der Waals surface area (Å²) in [5.41, 5.74) is 7.14. The first kappa shape index (κ1) is 20.4. The summed E-state index contributed by atoms with van der Waals surface area (Å²) in [5, 5.41) is 7.23. The van der Waals surface area contributed by atoms with Crippen LogP contribution in [0.5, 0.6) is 0 Å². The molecule has 1 aromatic heterocycles. The SMILES string of the molecule is CCN(CC)C(CNC(=O)[C@@H](N)C(C)C)c1ccsc1.Cl. The lowest BCUT2D eigenvalue weighted by Gasteiger charge is -2.30. The second-order valence-electron chi connectivity index (χ2n) is 5.31. The molecule has 122 valence electrons. The highest BCUT2D eigenvalue weighted by molar-refractivity contribution is 7.07. The molecule has 0 aromatic carbocycles. The molecule has 0 aliphatic heterocycles. The van der Waals surface area contributed by atoms with Gasteiger partial charge in [0.25, 0.3) is 0 Å². The molecule has 1 unspecified atom stereocenters. The first-order valence-corrected chi connectivity index (χ1v) is 8.24. The fraction of sp³-hybridized carbons (Fsp3) is 0.667. The van der Waals surface area contributed by atoms with Gasteiger partial charge in [-0.1, -0.05) is 27.7 Å². The average Bonchev–Trinajstić information content (AvgIpc) is 2.95. The molecule has 1 rings (SSSR count). The second kappa shape index (κ2) is 10.2. The Morgan fingerprint density at radius 2 is 2.00 bits per heavy atom. The minimum absolute atomic E-state index is 0. The highest BCUT2D eigenvalue weighted by atomic mass is 35.5. The van der Waals surface area contributed by atoms with Gasteiger partial charge in [-0.3, -0.25) is 9.69 Å². The molecule has 6 heteroatoms. The number of carbonyl (C=O) groups is 1. The molecule has 2 atom stereocenters. The number of halogens is 1. The van der Waals surface area contributed by atoms with E-state index in [1.807, 2.05) is 13.8 Å². The van der Waals surface area contributed by atoms with Gasteiger partial charge in [-0.05, 0) is 41.4 Å². The van der Waals surface area contributed by atoms with Crippen molar-refractivity contribution in [2.75, 3.05) is 19.6 Å². The van der Waals surface area contributed by atoms with Crippen LogP contribution in [0.2, 0.25) is 0 Å². The standard InChI is InChI=1S/C15H27N3OS.ClH/c1-5-18(6-2)13(12-7-8-20-10-12)9-17-15(19)14(16)11(3)4;/h7-8,10-11,13-14H,5-6,9,16H2,1-4H3,(H,17,19);1H/t13?,14-;/m0./s1. The average molecular weight is 334 g/mol. The number of hydrogen-bond acceptors (Lipinski definition) is 4. The minimum atomic E-state index is -0.435. The third kappa shape index (κ3) is 5.94. The van der Waals surface area contributed by atoms with Crippen molar-refractivity contribution >= 4 is 29.7 Å². The summed E-state index contributed by atoms with van der Waals surface area (Å²) in [7, 11) is 0. The number of nitrogens with two attached hydrogens (primary N) is 1. The lowest BCUT2D eigenvalue weighted by molar-refractivity contribution is -0.123. The number of thiophene rings is 1. The van der Waals surface area contributed by atoms with Crippen molar-refractivity contribution in [2.24, 2.45) is 11.7 Å².